The topological polar surface area (TPSA) is 109 Å². The number of rotatable bonds is 8. The van der Waals surface area contributed by atoms with Crippen molar-refractivity contribution in [1.29, 1.82) is 0 Å². The van der Waals surface area contributed by atoms with E-state index in [1.807, 2.05) is 0 Å². The lowest BCUT2D eigenvalue weighted by atomic mass is 10.1. The molecule has 0 saturated carbocycles. The van der Waals surface area contributed by atoms with Crippen LogP contribution in [0.15, 0.2) is 59.4 Å². The summed E-state index contributed by atoms with van der Waals surface area (Å²) in [4.78, 5) is 37.1. The number of hydrogen-bond donors (Lipinski definition) is 1. The average molecular weight is 437 g/mol. The molecule has 0 spiro atoms. The molecule has 0 unspecified atom stereocenters. The number of nitrogens with one attached hydrogen (secondary N) is 1. The van der Waals surface area contributed by atoms with Gasteiger partial charge in [-0.2, -0.15) is 5.10 Å². The van der Waals surface area contributed by atoms with E-state index in [1.54, 1.807) is 62.6 Å². The van der Waals surface area contributed by atoms with Crippen molar-refractivity contribution >= 4 is 17.6 Å². The molecule has 0 aliphatic heterocycles. The van der Waals surface area contributed by atoms with Crippen LogP contribution in [0.25, 0.3) is 11.3 Å². The zero-order valence-electron chi connectivity index (χ0n) is 18.0. The smallest absolute Gasteiger partial charge is 0.340 e. The van der Waals surface area contributed by atoms with Crippen molar-refractivity contribution in [3.8, 4) is 22.8 Å². The lowest BCUT2D eigenvalue weighted by Crippen LogP contribution is -2.29. The van der Waals surface area contributed by atoms with Gasteiger partial charge in [-0.25, -0.2) is 9.48 Å². The molecule has 0 aliphatic carbocycles. The highest BCUT2D eigenvalue weighted by molar-refractivity contribution is 6.01. The summed E-state index contributed by atoms with van der Waals surface area (Å²) in [5.74, 6) is 0.0573. The van der Waals surface area contributed by atoms with Crippen LogP contribution in [0.1, 0.15) is 17.3 Å². The van der Waals surface area contributed by atoms with E-state index < -0.39 is 17.4 Å². The molecule has 166 valence electrons. The Balaban J connectivity index is 1.86. The van der Waals surface area contributed by atoms with E-state index in [4.69, 9.17) is 14.2 Å². The monoisotopic (exact) mass is 437 g/mol. The molecule has 0 fully saturated rings. The molecule has 1 heterocycles. The summed E-state index contributed by atoms with van der Waals surface area (Å²) < 4.78 is 16.7. The van der Waals surface area contributed by atoms with Gasteiger partial charge in [0.25, 0.3) is 5.56 Å². The molecule has 3 rings (SSSR count). The molecule has 0 atom stereocenters. The predicted octanol–water partition coefficient (Wildman–Crippen LogP) is 2.74. The molecular formula is C23H23N3O6. The van der Waals surface area contributed by atoms with Crippen LogP contribution in [-0.4, -0.2) is 42.5 Å². The molecule has 0 radical (unpaired) electrons. The first-order valence-corrected chi connectivity index (χ1v) is 9.83. The molecule has 0 bridgehead atoms. The van der Waals surface area contributed by atoms with Crippen molar-refractivity contribution in [2.24, 2.45) is 0 Å². The van der Waals surface area contributed by atoms with Crippen molar-refractivity contribution in [3.63, 3.8) is 0 Å². The Bertz CT molecular complexity index is 1190. The molecule has 1 amide bonds. The summed E-state index contributed by atoms with van der Waals surface area (Å²) in [6.07, 6.45) is 0. The number of benzene rings is 2. The number of aromatic nitrogens is 2. The lowest BCUT2D eigenvalue weighted by Gasteiger charge is -2.13. The van der Waals surface area contributed by atoms with Crippen molar-refractivity contribution in [2.75, 3.05) is 26.1 Å². The normalized spacial score (nSPS) is 10.3. The van der Waals surface area contributed by atoms with Gasteiger partial charge in [0.1, 0.15) is 18.0 Å². The van der Waals surface area contributed by atoms with Gasteiger partial charge in [-0.05, 0) is 43.3 Å². The molecule has 1 aromatic heterocycles. The Hall–Kier alpha value is -4.14. The van der Waals surface area contributed by atoms with Crippen LogP contribution < -0.4 is 20.3 Å². The largest absolute Gasteiger partial charge is 0.497 e. The van der Waals surface area contributed by atoms with Crippen molar-refractivity contribution in [1.82, 2.24) is 9.78 Å². The van der Waals surface area contributed by atoms with Gasteiger partial charge in [0.15, 0.2) is 0 Å². The Morgan fingerprint density at radius 1 is 1.03 bits per heavy atom. The Labute approximate surface area is 184 Å². The fourth-order valence-electron chi connectivity index (χ4n) is 3.02. The van der Waals surface area contributed by atoms with Crippen LogP contribution in [0, 0.1) is 0 Å². The molecule has 1 N–H and O–H groups in total. The number of nitrogens with zero attached hydrogens (tertiary/aromatic N) is 2. The fourth-order valence-corrected chi connectivity index (χ4v) is 3.02. The number of methoxy groups -OCH3 is 2. The maximum Gasteiger partial charge on any atom is 0.340 e. The molecule has 9 heteroatoms. The highest BCUT2D eigenvalue weighted by Crippen LogP contribution is 2.31. The quantitative estimate of drug-likeness (QED) is 0.540. The van der Waals surface area contributed by atoms with Crippen molar-refractivity contribution < 1.29 is 23.8 Å². The number of hydrogen-bond acceptors (Lipinski definition) is 7. The molecule has 2 aromatic carbocycles. The Kier molecular flexibility index (Phi) is 7.22. The summed E-state index contributed by atoms with van der Waals surface area (Å²) in [6.45, 7) is 1.55. The number of para-hydroxylation sites is 1. The summed E-state index contributed by atoms with van der Waals surface area (Å²) in [7, 11) is 3.06. The van der Waals surface area contributed by atoms with E-state index in [2.05, 4.69) is 10.4 Å². The van der Waals surface area contributed by atoms with E-state index in [0.717, 1.165) is 4.68 Å². The molecule has 32 heavy (non-hydrogen) atoms. The number of anilines is 1. The SMILES string of the molecule is CCOC(=O)c1ccccc1NC(=O)Cn1nc(-c2cc(OC)ccc2OC)ccc1=O. The van der Waals surface area contributed by atoms with Crippen LogP contribution in [-0.2, 0) is 16.1 Å². The first-order chi connectivity index (χ1) is 15.5. The number of ether oxygens (including phenoxy) is 3. The zero-order valence-corrected chi connectivity index (χ0v) is 18.0. The predicted molar refractivity (Wildman–Crippen MR) is 118 cm³/mol. The van der Waals surface area contributed by atoms with E-state index in [-0.39, 0.29) is 24.4 Å². The first-order valence-electron chi connectivity index (χ1n) is 9.83. The van der Waals surface area contributed by atoms with Gasteiger partial charge in [-0.15, -0.1) is 0 Å². The van der Waals surface area contributed by atoms with E-state index in [9.17, 15) is 14.4 Å². The Morgan fingerprint density at radius 2 is 1.81 bits per heavy atom. The third kappa shape index (κ3) is 5.12. The third-order valence-electron chi connectivity index (χ3n) is 4.54. The molecule has 3 aromatic rings. The highest BCUT2D eigenvalue weighted by atomic mass is 16.5. The molecular weight excluding hydrogens is 414 g/mol. The molecule has 0 saturated heterocycles. The summed E-state index contributed by atoms with van der Waals surface area (Å²) >= 11 is 0. The standard InChI is InChI=1S/C23H23N3O6/c1-4-32-23(29)16-7-5-6-8-18(16)24-21(27)14-26-22(28)12-10-19(25-26)17-13-15(30-2)9-11-20(17)31-3/h5-13H,4,14H2,1-3H3,(H,24,27). The van der Waals surface area contributed by atoms with Crippen LogP contribution in [0.4, 0.5) is 5.69 Å². The highest BCUT2D eigenvalue weighted by Gasteiger charge is 2.16. The van der Waals surface area contributed by atoms with Crippen molar-refractivity contribution in [2.45, 2.75) is 13.5 Å². The van der Waals surface area contributed by atoms with E-state index >= 15 is 0 Å². The second-order valence-electron chi connectivity index (χ2n) is 6.59. The maximum absolute atomic E-state index is 12.6. The number of carbonyl (C=O) groups excluding carboxylic acids is 2. The van der Waals surface area contributed by atoms with Crippen LogP contribution in [0.2, 0.25) is 0 Å². The lowest BCUT2D eigenvalue weighted by molar-refractivity contribution is -0.117. The Morgan fingerprint density at radius 3 is 2.53 bits per heavy atom. The van der Waals surface area contributed by atoms with Gasteiger partial charge in [0.05, 0.1) is 37.8 Å². The van der Waals surface area contributed by atoms with Crippen LogP contribution >= 0.6 is 0 Å². The van der Waals surface area contributed by atoms with E-state index in [0.29, 0.717) is 22.8 Å². The first kappa shape index (κ1) is 22.5. The molecule has 9 nitrogen and oxygen atoms in total. The number of amides is 1. The van der Waals surface area contributed by atoms with Gasteiger partial charge >= 0.3 is 5.97 Å². The van der Waals surface area contributed by atoms with Gasteiger partial charge in [0, 0.05) is 11.6 Å². The number of esters is 1. The second-order valence-corrected chi connectivity index (χ2v) is 6.59. The average Bonchev–Trinajstić information content (AvgIpc) is 2.80. The van der Waals surface area contributed by atoms with Crippen molar-refractivity contribution in [3.05, 3.63) is 70.5 Å². The zero-order chi connectivity index (χ0) is 23.1. The van der Waals surface area contributed by atoms with Gasteiger partial charge in [-0.1, -0.05) is 12.1 Å². The fraction of sp³-hybridized carbons (Fsp3) is 0.217. The summed E-state index contributed by atoms with van der Waals surface area (Å²) in [6, 6.07) is 14.5. The minimum absolute atomic E-state index is 0.209. The minimum Gasteiger partial charge on any atom is -0.497 e. The third-order valence-corrected chi connectivity index (χ3v) is 4.54. The van der Waals surface area contributed by atoms with Crippen LogP contribution in [0.3, 0.4) is 0 Å². The summed E-state index contributed by atoms with van der Waals surface area (Å²) in [5, 5.41) is 6.95. The van der Waals surface area contributed by atoms with E-state index in [1.165, 1.54) is 13.2 Å². The second kappa shape index (κ2) is 10.3. The number of carbonyl (C=O) groups is 2. The van der Waals surface area contributed by atoms with Gasteiger partial charge in [0.2, 0.25) is 5.91 Å². The van der Waals surface area contributed by atoms with Crippen LogP contribution in [0.5, 0.6) is 11.5 Å². The summed E-state index contributed by atoms with van der Waals surface area (Å²) in [5.41, 5.74) is 1.09. The van der Waals surface area contributed by atoms with Gasteiger partial charge in [-0.3, -0.25) is 9.59 Å². The van der Waals surface area contributed by atoms with Gasteiger partial charge < -0.3 is 19.5 Å². The molecule has 0 aliphatic rings. The maximum atomic E-state index is 12.6. The minimum atomic E-state index is -0.550.